The van der Waals surface area contributed by atoms with Gasteiger partial charge in [0.1, 0.15) is 11.5 Å². The summed E-state index contributed by atoms with van der Waals surface area (Å²) in [7, 11) is 1.69. The van der Waals surface area contributed by atoms with E-state index in [9.17, 15) is 0 Å². The van der Waals surface area contributed by atoms with E-state index >= 15 is 0 Å². The van der Waals surface area contributed by atoms with Crippen LogP contribution in [0.5, 0.6) is 5.75 Å². The van der Waals surface area contributed by atoms with Gasteiger partial charge in [-0.15, -0.1) is 0 Å². The summed E-state index contributed by atoms with van der Waals surface area (Å²) in [6.45, 7) is 5.61. The molecule has 0 radical (unpaired) electrons. The maximum absolute atomic E-state index is 8.97. The Kier molecular flexibility index (Phi) is 5.45. The SMILES string of the molecule is COc1ccc(CN[C@H]2C[C@@H](Cc3cc(CCO)on3)C2(C)C)cc1. The van der Waals surface area contributed by atoms with Crippen LogP contribution < -0.4 is 10.1 Å². The van der Waals surface area contributed by atoms with Crippen molar-refractivity contribution in [2.45, 2.75) is 45.7 Å². The van der Waals surface area contributed by atoms with E-state index in [4.69, 9.17) is 14.4 Å². The third kappa shape index (κ3) is 4.05. The van der Waals surface area contributed by atoms with Gasteiger partial charge in [-0.1, -0.05) is 31.1 Å². The van der Waals surface area contributed by atoms with Crippen molar-refractivity contribution in [1.82, 2.24) is 10.5 Å². The van der Waals surface area contributed by atoms with E-state index < -0.39 is 0 Å². The molecule has 1 aromatic heterocycles. The predicted molar refractivity (Wildman–Crippen MR) is 96.5 cm³/mol. The second-order valence-corrected chi connectivity index (χ2v) is 7.50. The van der Waals surface area contributed by atoms with Gasteiger partial charge in [0, 0.05) is 25.1 Å². The highest BCUT2D eigenvalue weighted by molar-refractivity contribution is 5.27. The molecule has 0 amide bonds. The third-order valence-corrected chi connectivity index (χ3v) is 5.60. The first kappa shape index (κ1) is 18.0. The van der Waals surface area contributed by atoms with Crippen molar-refractivity contribution >= 4 is 0 Å². The molecule has 5 nitrogen and oxygen atoms in total. The molecule has 2 N–H and O–H groups in total. The zero-order valence-corrected chi connectivity index (χ0v) is 15.3. The summed E-state index contributed by atoms with van der Waals surface area (Å²) in [5.41, 5.74) is 2.49. The molecular formula is C20H28N2O3. The van der Waals surface area contributed by atoms with Crippen LogP contribution in [-0.2, 0) is 19.4 Å². The Bertz CT molecular complexity index is 679. The number of aliphatic hydroxyl groups is 1. The van der Waals surface area contributed by atoms with E-state index in [1.54, 1.807) is 7.11 Å². The maximum Gasteiger partial charge on any atom is 0.139 e. The molecular weight excluding hydrogens is 316 g/mol. The van der Waals surface area contributed by atoms with Gasteiger partial charge in [-0.05, 0) is 41.9 Å². The molecule has 25 heavy (non-hydrogen) atoms. The van der Waals surface area contributed by atoms with Crippen LogP contribution in [-0.4, -0.2) is 30.0 Å². The van der Waals surface area contributed by atoms with Crippen LogP contribution in [0.1, 0.15) is 37.3 Å². The normalized spacial score (nSPS) is 21.8. The fourth-order valence-electron chi connectivity index (χ4n) is 3.63. The molecule has 1 fully saturated rings. The molecule has 0 unspecified atom stereocenters. The molecule has 1 saturated carbocycles. The van der Waals surface area contributed by atoms with Crippen LogP contribution in [0.2, 0.25) is 0 Å². The number of aromatic nitrogens is 1. The monoisotopic (exact) mass is 344 g/mol. The van der Waals surface area contributed by atoms with Gasteiger partial charge >= 0.3 is 0 Å². The lowest BCUT2D eigenvalue weighted by Gasteiger charge is -2.52. The first-order valence-corrected chi connectivity index (χ1v) is 8.94. The maximum atomic E-state index is 8.97. The number of hydrogen-bond donors (Lipinski definition) is 2. The van der Waals surface area contributed by atoms with Crippen LogP contribution >= 0.6 is 0 Å². The van der Waals surface area contributed by atoms with Crippen LogP contribution in [0.4, 0.5) is 0 Å². The van der Waals surface area contributed by atoms with Crippen molar-refractivity contribution in [3.8, 4) is 5.75 Å². The van der Waals surface area contributed by atoms with Crippen LogP contribution in [0, 0.1) is 11.3 Å². The zero-order chi connectivity index (χ0) is 17.9. The molecule has 2 aromatic rings. The molecule has 3 rings (SSSR count). The van der Waals surface area contributed by atoms with Gasteiger partial charge in [-0.25, -0.2) is 0 Å². The minimum Gasteiger partial charge on any atom is -0.497 e. The Morgan fingerprint density at radius 1 is 1.32 bits per heavy atom. The van der Waals surface area contributed by atoms with Crippen LogP contribution in [0.15, 0.2) is 34.9 Å². The number of nitrogens with zero attached hydrogens (tertiary/aromatic N) is 1. The average Bonchev–Trinajstić information content (AvgIpc) is 3.05. The van der Waals surface area contributed by atoms with E-state index in [0.717, 1.165) is 36.6 Å². The number of methoxy groups -OCH3 is 1. The van der Waals surface area contributed by atoms with Crippen molar-refractivity contribution in [3.63, 3.8) is 0 Å². The number of benzene rings is 1. The van der Waals surface area contributed by atoms with E-state index in [1.807, 2.05) is 18.2 Å². The second-order valence-electron chi connectivity index (χ2n) is 7.50. The third-order valence-electron chi connectivity index (χ3n) is 5.60. The molecule has 0 aliphatic heterocycles. The Balaban J connectivity index is 1.50. The average molecular weight is 344 g/mol. The quantitative estimate of drug-likeness (QED) is 0.771. The summed E-state index contributed by atoms with van der Waals surface area (Å²) in [4.78, 5) is 0. The molecule has 1 aliphatic rings. The predicted octanol–water partition coefficient (Wildman–Crippen LogP) is 2.97. The van der Waals surface area contributed by atoms with Gasteiger partial charge in [-0.3, -0.25) is 0 Å². The smallest absolute Gasteiger partial charge is 0.139 e. The molecule has 136 valence electrons. The van der Waals surface area contributed by atoms with Gasteiger partial charge in [0.05, 0.1) is 19.4 Å². The summed E-state index contributed by atoms with van der Waals surface area (Å²) < 4.78 is 10.5. The Morgan fingerprint density at radius 2 is 2.08 bits per heavy atom. The zero-order valence-electron chi connectivity index (χ0n) is 15.3. The first-order chi connectivity index (χ1) is 12.0. The second kappa shape index (κ2) is 7.58. The van der Waals surface area contributed by atoms with E-state index in [0.29, 0.717) is 18.4 Å². The lowest BCUT2D eigenvalue weighted by Crippen LogP contribution is -2.57. The van der Waals surface area contributed by atoms with E-state index in [1.165, 1.54) is 5.56 Å². The molecule has 1 aliphatic carbocycles. The standard InChI is InChI=1S/C20H28N2O3/c1-20(2)15(10-16-12-18(8-9-23)25-22-16)11-19(20)21-13-14-4-6-17(24-3)7-5-14/h4-7,12,15,19,21,23H,8-11,13H2,1-3H3/t15-,19+/m1/s1. The highest BCUT2D eigenvalue weighted by Gasteiger charge is 2.47. The topological polar surface area (TPSA) is 67.5 Å². The lowest BCUT2D eigenvalue weighted by molar-refractivity contribution is 0.0125. The van der Waals surface area contributed by atoms with Crippen molar-refractivity contribution < 1.29 is 14.4 Å². The van der Waals surface area contributed by atoms with Crippen molar-refractivity contribution in [3.05, 3.63) is 47.3 Å². The molecule has 1 heterocycles. The Labute approximate surface area is 149 Å². The number of aliphatic hydroxyl groups excluding tert-OH is 1. The summed E-state index contributed by atoms with van der Waals surface area (Å²) in [5.74, 6) is 2.25. The summed E-state index contributed by atoms with van der Waals surface area (Å²) >= 11 is 0. The molecule has 0 spiro atoms. The van der Waals surface area contributed by atoms with Crippen molar-refractivity contribution in [2.75, 3.05) is 13.7 Å². The van der Waals surface area contributed by atoms with Gasteiger partial charge in [0.2, 0.25) is 0 Å². The van der Waals surface area contributed by atoms with E-state index in [2.05, 4.69) is 36.5 Å². The van der Waals surface area contributed by atoms with Gasteiger partial charge in [-0.2, -0.15) is 0 Å². The Morgan fingerprint density at radius 3 is 2.72 bits per heavy atom. The van der Waals surface area contributed by atoms with Crippen LogP contribution in [0.3, 0.4) is 0 Å². The highest BCUT2D eigenvalue weighted by Crippen LogP contribution is 2.47. The summed E-state index contributed by atoms with van der Waals surface area (Å²) in [6.07, 6.45) is 2.61. The lowest BCUT2D eigenvalue weighted by atomic mass is 9.57. The molecule has 0 bridgehead atoms. The largest absolute Gasteiger partial charge is 0.497 e. The van der Waals surface area contributed by atoms with Crippen LogP contribution in [0.25, 0.3) is 0 Å². The van der Waals surface area contributed by atoms with Crippen molar-refractivity contribution in [2.24, 2.45) is 11.3 Å². The fourth-order valence-corrected chi connectivity index (χ4v) is 3.63. The van der Waals surface area contributed by atoms with E-state index in [-0.39, 0.29) is 12.0 Å². The summed E-state index contributed by atoms with van der Waals surface area (Å²) in [6, 6.07) is 10.7. The fraction of sp³-hybridized carbons (Fsp3) is 0.550. The first-order valence-electron chi connectivity index (χ1n) is 8.94. The number of nitrogens with one attached hydrogen (secondary N) is 1. The summed E-state index contributed by atoms with van der Waals surface area (Å²) in [5, 5.41) is 16.8. The van der Waals surface area contributed by atoms with Gasteiger partial charge in [0.15, 0.2) is 0 Å². The number of hydrogen-bond acceptors (Lipinski definition) is 5. The highest BCUT2D eigenvalue weighted by atomic mass is 16.5. The van der Waals surface area contributed by atoms with Crippen molar-refractivity contribution in [1.29, 1.82) is 0 Å². The van der Waals surface area contributed by atoms with Gasteiger partial charge in [0.25, 0.3) is 0 Å². The minimum atomic E-state index is 0.0981. The Hall–Kier alpha value is -1.85. The molecule has 0 saturated heterocycles. The minimum absolute atomic E-state index is 0.0981. The molecule has 2 atom stereocenters. The number of rotatable bonds is 8. The van der Waals surface area contributed by atoms with Gasteiger partial charge < -0.3 is 19.7 Å². The number of ether oxygens (including phenoxy) is 1. The molecule has 5 heteroatoms. The molecule has 1 aromatic carbocycles.